The molecule has 1 aromatic carbocycles. The van der Waals surface area contributed by atoms with Crippen LogP contribution in [0.25, 0.3) is 0 Å². The van der Waals surface area contributed by atoms with Crippen LogP contribution in [0.2, 0.25) is 0 Å². The van der Waals surface area contributed by atoms with E-state index in [2.05, 4.69) is 15.9 Å². The lowest BCUT2D eigenvalue weighted by molar-refractivity contribution is -0.127. The van der Waals surface area contributed by atoms with Crippen molar-refractivity contribution in [3.05, 3.63) is 28.7 Å². The summed E-state index contributed by atoms with van der Waals surface area (Å²) in [6, 6.07) is 7.76. The van der Waals surface area contributed by atoms with Crippen molar-refractivity contribution in [1.82, 2.24) is 0 Å². The van der Waals surface area contributed by atoms with Gasteiger partial charge in [0.25, 0.3) is 5.91 Å². The van der Waals surface area contributed by atoms with Crippen molar-refractivity contribution in [2.75, 3.05) is 24.7 Å². The van der Waals surface area contributed by atoms with E-state index in [4.69, 9.17) is 10.5 Å². The number of benzene rings is 1. The summed E-state index contributed by atoms with van der Waals surface area (Å²) in [6.45, 7) is 1.25. The van der Waals surface area contributed by atoms with Gasteiger partial charge in [-0.25, -0.2) is 0 Å². The van der Waals surface area contributed by atoms with Crippen molar-refractivity contribution in [3.8, 4) is 0 Å². The fourth-order valence-corrected chi connectivity index (χ4v) is 2.26. The largest absolute Gasteiger partial charge is 0.369 e. The maximum Gasteiger partial charge on any atom is 0.253 e. The fraction of sp³-hybridized carbons (Fsp3) is 0.417. The molecule has 0 aromatic heterocycles. The van der Waals surface area contributed by atoms with Crippen LogP contribution in [-0.2, 0) is 9.53 Å². The van der Waals surface area contributed by atoms with Gasteiger partial charge in [-0.3, -0.25) is 4.79 Å². The Morgan fingerprint density at radius 1 is 1.41 bits per heavy atom. The molecule has 2 rings (SSSR count). The third kappa shape index (κ3) is 2.86. The second-order valence-electron chi connectivity index (χ2n) is 3.99. The molecular formula is C12H15BrN2O2. The molecule has 5 heteroatoms. The topological polar surface area (TPSA) is 55.6 Å². The van der Waals surface area contributed by atoms with Crippen LogP contribution < -0.4 is 10.6 Å². The molecule has 1 atom stereocenters. The summed E-state index contributed by atoms with van der Waals surface area (Å²) in [5.41, 5.74) is 6.47. The summed E-state index contributed by atoms with van der Waals surface area (Å²) in [4.78, 5) is 13.7. The SMILES string of the molecule is NCCC1COCC(=O)N1c1ccc(Br)cc1. The van der Waals surface area contributed by atoms with Crippen molar-refractivity contribution >= 4 is 27.5 Å². The molecule has 4 nitrogen and oxygen atoms in total. The number of carbonyl (C=O) groups is 1. The Kier molecular flexibility index (Phi) is 4.15. The Morgan fingerprint density at radius 3 is 2.76 bits per heavy atom. The molecule has 1 aliphatic heterocycles. The van der Waals surface area contributed by atoms with E-state index < -0.39 is 0 Å². The monoisotopic (exact) mass is 298 g/mol. The molecule has 0 saturated carbocycles. The summed E-state index contributed by atoms with van der Waals surface area (Å²) in [5.74, 6) is -0.00276. The molecule has 1 heterocycles. The van der Waals surface area contributed by atoms with Crippen LogP contribution >= 0.6 is 15.9 Å². The zero-order chi connectivity index (χ0) is 12.3. The number of anilines is 1. The smallest absolute Gasteiger partial charge is 0.253 e. The Hall–Kier alpha value is -0.910. The minimum Gasteiger partial charge on any atom is -0.369 e. The highest BCUT2D eigenvalue weighted by molar-refractivity contribution is 9.10. The lowest BCUT2D eigenvalue weighted by Crippen LogP contribution is -2.50. The molecule has 2 N–H and O–H groups in total. The van der Waals surface area contributed by atoms with E-state index in [0.29, 0.717) is 13.2 Å². The molecule has 92 valence electrons. The first-order chi connectivity index (χ1) is 8.22. The van der Waals surface area contributed by atoms with Gasteiger partial charge in [-0.1, -0.05) is 15.9 Å². The molecule has 0 aliphatic carbocycles. The molecule has 0 spiro atoms. The number of halogens is 1. The van der Waals surface area contributed by atoms with Crippen LogP contribution in [0.4, 0.5) is 5.69 Å². The first-order valence-corrected chi connectivity index (χ1v) is 6.37. The highest BCUT2D eigenvalue weighted by Crippen LogP contribution is 2.23. The molecule has 0 radical (unpaired) electrons. The van der Waals surface area contributed by atoms with E-state index in [0.717, 1.165) is 16.6 Å². The lowest BCUT2D eigenvalue weighted by atomic mass is 10.1. The van der Waals surface area contributed by atoms with Crippen LogP contribution in [0, 0.1) is 0 Å². The summed E-state index contributed by atoms with van der Waals surface area (Å²) in [6.07, 6.45) is 0.752. The Bertz CT molecular complexity index is 392. The highest BCUT2D eigenvalue weighted by atomic mass is 79.9. The molecule has 1 aromatic rings. The molecule has 0 bridgehead atoms. The third-order valence-corrected chi connectivity index (χ3v) is 3.30. The third-order valence-electron chi connectivity index (χ3n) is 2.77. The standard InChI is InChI=1S/C12H15BrN2O2/c13-9-1-3-10(4-2-9)15-11(5-6-14)7-17-8-12(15)16/h1-4,11H,5-8,14H2. The predicted octanol–water partition coefficient (Wildman–Crippen LogP) is 1.53. The van der Waals surface area contributed by atoms with E-state index in [1.54, 1.807) is 4.90 Å². The van der Waals surface area contributed by atoms with Gasteiger partial charge in [-0.15, -0.1) is 0 Å². The van der Waals surface area contributed by atoms with Gasteiger partial charge >= 0.3 is 0 Å². The number of hydrogen-bond acceptors (Lipinski definition) is 3. The predicted molar refractivity (Wildman–Crippen MR) is 69.9 cm³/mol. The summed E-state index contributed by atoms with van der Waals surface area (Å²) < 4.78 is 6.26. The summed E-state index contributed by atoms with van der Waals surface area (Å²) >= 11 is 3.38. The van der Waals surface area contributed by atoms with Gasteiger partial charge in [0.2, 0.25) is 0 Å². The lowest BCUT2D eigenvalue weighted by Gasteiger charge is -2.35. The maximum absolute atomic E-state index is 11.9. The van der Waals surface area contributed by atoms with Crippen molar-refractivity contribution in [2.24, 2.45) is 5.73 Å². The number of carbonyl (C=O) groups excluding carboxylic acids is 1. The van der Waals surface area contributed by atoms with Crippen LogP contribution in [-0.4, -0.2) is 31.7 Å². The quantitative estimate of drug-likeness (QED) is 0.921. The second-order valence-corrected chi connectivity index (χ2v) is 4.90. The van der Waals surface area contributed by atoms with E-state index in [-0.39, 0.29) is 18.6 Å². The normalized spacial score (nSPS) is 20.7. The zero-order valence-corrected chi connectivity index (χ0v) is 11.0. The first kappa shape index (κ1) is 12.5. The van der Waals surface area contributed by atoms with Gasteiger partial charge in [0.1, 0.15) is 6.61 Å². The molecule has 17 heavy (non-hydrogen) atoms. The molecule has 1 aliphatic rings. The average Bonchev–Trinajstić information content (AvgIpc) is 2.32. The van der Waals surface area contributed by atoms with Gasteiger partial charge in [-0.2, -0.15) is 0 Å². The van der Waals surface area contributed by atoms with Gasteiger partial charge in [-0.05, 0) is 37.2 Å². The van der Waals surface area contributed by atoms with Crippen molar-refractivity contribution in [1.29, 1.82) is 0 Å². The fourth-order valence-electron chi connectivity index (χ4n) is 1.99. The zero-order valence-electron chi connectivity index (χ0n) is 9.43. The van der Waals surface area contributed by atoms with Gasteiger partial charge < -0.3 is 15.4 Å². The van der Waals surface area contributed by atoms with Crippen molar-refractivity contribution in [3.63, 3.8) is 0 Å². The first-order valence-electron chi connectivity index (χ1n) is 5.58. The minimum absolute atomic E-state index is 0.00276. The number of hydrogen-bond donors (Lipinski definition) is 1. The van der Waals surface area contributed by atoms with Crippen LogP contribution in [0.15, 0.2) is 28.7 Å². The van der Waals surface area contributed by atoms with Crippen LogP contribution in [0.1, 0.15) is 6.42 Å². The van der Waals surface area contributed by atoms with Crippen molar-refractivity contribution in [2.45, 2.75) is 12.5 Å². The Labute approximate surface area is 109 Å². The Morgan fingerprint density at radius 2 is 2.12 bits per heavy atom. The Balaban J connectivity index is 2.24. The number of amides is 1. The van der Waals surface area contributed by atoms with E-state index in [1.165, 1.54) is 0 Å². The molecule has 1 fully saturated rings. The number of morpholine rings is 1. The molecular weight excluding hydrogens is 284 g/mol. The maximum atomic E-state index is 11.9. The van der Waals surface area contributed by atoms with Gasteiger partial charge in [0.15, 0.2) is 0 Å². The number of nitrogens with zero attached hydrogens (tertiary/aromatic N) is 1. The van der Waals surface area contributed by atoms with Gasteiger partial charge in [0, 0.05) is 10.2 Å². The average molecular weight is 299 g/mol. The number of ether oxygens (including phenoxy) is 1. The van der Waals surface area contributed by atoms with E-state index in [1.807, 2.05) is 24.3 Å². The summed E-state index contributed by atoms with van der Waals surface area (Å²) in [5, 5.41) is 0. The number of nitrogens with two attached hydrogens (primary N) is 1. The van der Waals surface area contributed by atoms with Gasteiger partial charge in [0.05, 0.1) is 12.6 Å². The highest BCUT2D eigenvalue weighted by Gasteiger charge is 2.29. The number of rotatable bonds is 3. The molecule has 1 amide bonds. The molecule has 1 unspecified atom stereocenters. The minimum atomic E-state index is -0.00276. The second kappa shape index (κ2) is 5.62. The van der Waals surface area contributed by atoms with E-state index >= 15 is 0 Å². The van der Waals surface area contributed by atoms with Crippen LogP contribution in [0.3, 0.4) is 0 Å². The van der Waals surface area contributed by atoms with E-state index in [9.17, 15) is 4.79 Å². The summed E-state index contributed by atoms with van der Waals surface area (Å²) in [7, 11) is 0. The molecule has 1 saturated heterocycles. The van der Waals surface area contributed by atoms with Crippen molar-refractivity contribution < 1.29 is 9.53 Å². The van der Waals surface area contributed by atoms with Crippen LogP contribution in [0.5, 0.6) is 0 Å².